The van der Waals surface area contributed by atoms with Crippen molar-refractivity contribution in [1.82, 2.24) is 0 Å². The fourth-order valence-corrected chi connectivity index (χ4v) is 13.4. The first-order chi connectivity index (χ1) is 46.4. The first-order valence-electron chi connectivity index (χ1n) is 40.0. The summed E-state index contributed by atoms with van der Waals surface area (Å²) in [4.78, 5) is 72.9. The van der Waals surface area contributed by atoms with Crippen LogP contribution in [0, 0.1) is 11.8 Å². The normalized spacial score (nSPS) is 14.0. The summed E-state index contributed by atoms with van der Waals surface area (Å²) in [6.07, 6.45) is 56.8. The van der Waals surface area contributed by atoms with Gasteiger partial charge in [-0.1, -0.05) is 350 Å². The molecule has 0 saturated carbocycles. The third-order valence-corrected chi connectivity index (χ3v) is 19.9. The fourth-order valence-electron chi connectivity index (χ4n) is 11.8. The second-order valence-corrected chi connectivity index (χ2v) is 31.6. The predicted molar refractivity (Wildman–Crippen MR) is 391 cm³/mol. The number of hydrogen-bond donors (Lipinski definition) is 3. The topological polar surface area (TPSA) is 237 Å². The van der Waals surface area contributed by atoms with Crippen LogP contribution in [0.25, 0.3) is 0 Å². The van der Waals surface area contributed by atoms with E-state index in [0.717, 1.165) is 102 Å². The van der Waals surface area contributed by atoms with Crippen molar-refractivity contribution in [3.05, 3.63) is 0 Å². The Morgan fingerprint density at radius 2 is 0.479 bits per heavy atom. The maximum absolute atomic E-state index is 13.1. The molecule has 0 aliphatic heterocycles. The van der Waals surface area contributed by atoms with Gasteiger partial charge >= 0.3 is 39.5 Å². The molecule has 0 fully saturated rings. The summed E-state index contributed by atoms with van der Waals surface area (Å²) in [5, 5.41) is 10.6. The monoisotopic (exact) mass is 1410 g/mol. The molecule has 2 unspecified atom stereocenters. The van der Waals surface area contributed by atoms with Gasteiger partial charge in [0, 0.05) is 25.7 Å². The Kier molecular flexibility index (Phi) is 67.4. The second-order valence-electron chi connectivity index (χ2n) is 28.7. The fraction of sp³-hybridized carbons (Fsp3) is 0.948. The Balaban J connectivity index is 5.24. The highest BCUT2D eigenvalue weighted by atomic mass is 31.2. The minimum Gasteiger partial charge on any atom is -0.462 e. The Hall–Kier alpha value is -1.94. The third kappa shape index (κ3) is 70.5. The lowest BCUT2D eigenvalue weighted by molar-refractivity contribution is -0.161. The van der Waals surface area contributed by atoms with Crippen molar-refractivity contribution in [2.24, 2.45) is 11.8 Å². The van der Waals surface area contributed by atoms with E-state index in [-0.39, 0.29) is 25.7 Å². The van der Waals surface area contributed by atoms with E-state index < -0.39 is 97.5 Å². The van der Waals surface area contributed by atoms with Crippen LogP contribution in [-0.4, -0.2) is 96.7 Å². The van der Waals surface area contributed by atoms with E-state index in [9.17, 15) is 43.2 Å². The first-order valence-corrected chi connectivity index (χ1v) is 43.0. The zero-order chi connectivity index (χ0) is 70.7. The lowest BCUT2D eigenvalue weighted by atomic mass is 10.0. The summed E-state index contributed by atoms with van der Waals surface area (Å²) in [6.45, 7) is 9.61. The van der Waals surface area contributed by atoms with Crippen LogP contribution in [0.5, 0.6) is 0 Å². The molecule has 0 bridgehead atoms. The average Bonchev–Trinajstić information content (AvgIpc) is 1.48. The molecule has 0 aliphatic carbocycles. The molecule has 0 spiro atoms. The molecule has 0 aromatic heterocycles. The molecule has 0 radical (unpaired) electrons. The number of carbonyl (C=O) groups excluding carboxylic acids is 4. The molecule has 0 aliphatic rings. The molecule has 0 rings (SSSR count). The van der Waals surface area contributed by atoms with E-state index in [0.29, 0.717) is 25.7 Å². The number of phosphoric ester groups is 2. The van der Waals surface area contributed by atoms with Crippen LogP contribution in [-0.2, 0) is 65.4 Å². The number of unbranched alkanes of at least 4 members (excludes halogenated alkanes) is 46. The maximum Gasteiger partial charge on any atom is 0.472 e. The number of rotatable bonds is 76. The molecule has 3 N–H and O–H groups in total. The quantitative estimate of drug-likeness (QED) is 0.0222. The van der Waals surface area contributed by atoms with Gasteiger partial charge in [-0.15, -0.1) is 0 Å². The zero-order valence-electron chi connectivity index (χ0n) is 62.7. The third-order valence-electron chi connectivity index (χ3n) is 18.0. The number of ether oxygens (including phenoxy) is 4. The van der Waals surface area contributed by atoms with Gasteiger partial charge in [-0.3, -0.25) is 37.3 Å². The van der Waals surface area contributed by atoms with E-state index in [4.69, 9.17) is 37.0 Å². The highest BCUT2D eigenvalue weighted by Crippen LogP contribution is 2.45. The summed E-state index contributed by atoms with van der Waals surface area (Å²) in [5.41, 5.74) is 0. The molecule has 0 aromatic carbocycles. The van der Waals surface area contributed by atoms with Gasteiger partial charge in [-0.25, -0.2) is 9.13 Å². The minimum absolute atomic E-state index is 0.107. The summed E-state index contributed by atoms with van der Waals surface area (Å²) in [7, 11) is -9.91. The molecule has 96 heavy (non-hydrogen) atoms. The molecular weight excluding hydrogens is 1260 g/mol. The van der Waals surface area contributed by atoms with Crippen molar-refractivity contribution in [3.63, 3.8) is 0 Å². The van der Waals surface area contributed by atoms with E-state index >= 15 is 0 Å². The van der Waals surface area contributed by atoms with E-state index in [2.05, 4.69) is 41.5 Å². The molecule has 0 amide bonds. The van der Waals surface area contributed by atoms with Gasteiger partial charge < -0.3 is 33.8 Å². The number of hydrogen-bond acceptors (Lipinski definition) is 15. The van der Waals surface area contributed by atoms with Gasteiger partial charge in [-0.05, 0) is 37.5 Å². The van der Waals surface area contributed by atoms with Gasteiger partial charge in [0.25, 0.3) is 0 Å². The van der Waals surface area contributed by atoms with Crippen molar-refractivity contribution in [3.8, 4) is 0 Å². The largest absolute Gasteiger partial charge is 0.472 e. The van der Waals surface area contributed by atoms with Crippen LogP contribution in [0.2, 0.25) is 0 Å². The van der Waals surface area contributed by atoms with Gasteiger partial charge in [0.05, 0.1) is 26.4 Å². The first kappa shape index (κ1) is 94.1. The SMILES string of the molecule is CCCCCCCCCCCCCCCCCCCCC(=O)O[C@H](COC(=O)CCCCCCCCCCCCCC(C)C)COP(=O)(O)OC[C@@H](O)COP(=O)(O)OC[C@@H](COC(=O)CCCCCCCCCCCC)OC(=O)CCCCCCCCCCCCCC(C)C. The van der Waals surface area contributed by atoms with Crippen molar-refractivity contribution in [2.75, 3.05) is 39.6 Å². The zero-order valence-corrected chi connectivity index (χ0v) is 64.5. The van der Waals surface area contributed by atoms with Crippen molar-refractivity contribution in [1.29, 1.82) is 0 Å². The molecular formula is C77H150O17P2. The van der Waals surface area contributed by atoms with Crippen LogP contribution >= 0.6 is 15.6 Å². The standard InChI is InChI=1S/C77H150O17P2/c1-7-9-11-13-15-17-19-20-21-22-23-24-25-30-37-43-49-55-61-76(81)93-73(66-88-75(80)60-54-48-42-36-31-26-28-33-39-45-51-57-69(3)4)68-92-96(85,86)90-64-71(78)63-89-95(83,84)91-67-72(65-87-74(79)59-53-47-41-35-18-16-14-12-10-8-2)94-77(82)62-56-50-44-38-32-27-29-34-40-46-52-58-70(5)6/h69-73,78H,7-68H2,1-6H3,(H,83,84)(H,85,86)/t71-,72+,73+/m0/s1. The number of carbonyl (C=O) groups is 4. The number of aliphatic hydroxyl groups is 1. The molecule has 19 heteroatoms. The summed E-state index contributed by atoms with van der Waals surface area (Å²) >= 11 is 0. The number of aliphatic hydroxyl groups excluding tert-OH is 1. The van der Waals surface area contributed by atoms with Crippen LogP contribution in [0.15, 0.2) is 0 Å². The number of esters is 4. The summed E-state index contributed by atoms with van der Waals surface area (Å²) < 4.78 is 68.6. The highest BCUT2D eigenvalue weighted by molar-refractivity contribution is 7.47. The molecule has 0 saturated heterocycles. The minimum atomic E-state index is -4.96. The van der Waals surface area contributed by atoms with E-state index in [1.165, 1.54) is 218 Å². The van der Waals surface area contributed by atoms with Gasteiger partial charge in [0.15, 0.2) is 12.2 Å². The van der Waals surface area contributed by atoms with Gasteiger partial charge in [0.2, 0.25) is 0 Å². The van der Waals surface area contributed by atoms with Crippen LogP contribution < -0.4 is 0 Å². The van der Waals surface area contributed by atoms with Crippen LogP contribution in [0.4, 0.5) is 0 Å². The highest BCUT2D eigenvalue weighted by Gasteiger charge is 2.30. The van der Waals surface area contributed by atoms with Gasteiger partial charge in [-0.2, -0.15) is 0 Å². The van der Waals surface area contributed by atoms with Crippen molar-refractivity contribution >= 4 is 39.5 Å². The van der Waals surface area contributed by atoms with Crippen LogP contribution in [0.1, 0.15) is 401 Å². The smallest absolute Gasteiger partial charge is 0.462 e. The van der Waals surface area contributed by atoms with Crippen molar-refractivity contribution in [2.45, 2.75) is 419 Å². The summed E-state index contributed by atoms with van der Waals surface area (Å²) in [5.74, 6) is -0.577. The second kappa shape index (κ2) is 68.8. The Morgan fingerprint density at radius 3 is 0.708 bits per heavy atom. The van der Waals surface area contributed by atoms with Crippen LogP contribution in [0.3, 0.4) is 0 Å². The lowest BCUT2D eigenvalue weighted by Gasteiger charge is -2.21. The molecule has 17 nitrogen and oxygen atoms in total. The molecule has 5 atom stereocenters. The molecule has 0 heterocycles. The number of phosphoric acid groups is 2. The molecule has 570 valence electrons. The predicted octanol–water partition coefficient (Wildman–Crippen LogP) is 22.7. The Morgan fingerprint density at radius 1 is 0.281 bits per heavy atom. The van der Waals surface area contributed by atoms with E-state index in [1.807, 2.05) is 0 Å². The maximum atomic E-state index is 13.1. The van der Waals surface area contributed by atoms with E-state index in [1.54, 1.807) is 0 Å². The lowest BCUT2D eigenvalue weighted by Crippen LogP contribution is -2.30. The molecule has 0 aromatic rings. The van der Waals surface area contributed by atoms with Crippen molar-refractivity contribution < 1.29 is 80.2 Å². The average molecular weight is 1410 g/mol. The Labute approximate surface area is 588 Å². The Bertz CT molecular complexity index is 1860. The summed E-state index contributed by atoms with van der Waals surface area (Å²) in [6, 6.07) is 0. The van der Waals surface area contributed by atoms with Gasteiger partial charge in [0.1, 0.15) is 19.3 Å².